The number of hydrogen-bond acceptors (Lipinski definition) is 4. The number of hydrogen-bond donors (Lipinski definition) is 3. The van der Waals surface area contributed by atoms with Crippen molar-refractivity contribution in [2.45, 2.75) is 46.2 Å². The number of H-pyrrole nitrogens is 1. The van der Waals surface area contributed by atoms with Gasteiger partial charge < -0.3 is 10.6 Å². The first-order valence-corrected chi connectivity index (χ1v) is 12.0. The van der Waals surface area contributed by atoms with E-state index in [4.69, 9.17) is 0 Å². The zero-order chi connectivity index (χ0) is 24.9. The number of rotatable bonds is 4. The Morgan fingerprint density at radius 2 is 1.91 bits per heavy atom. The lowest BCUT2D eigenvalue weighted by atomic mass is 9.81. The summed E-state index contributed by atoms with van der Waals surface area (Å²) in [5.41, 5.74) is 9.52. The molecule has 0 fully saturated rings. The molecule has 5 nitrogen and oxygen atoms in total. The molecule has 0 spiro atoms. The van der Waals surface area contributed by atoms with Crippen molar-refractivity contribution in [3.05, 3.63) is 75.6 Å². The monoisotopic (exact) mass is 467 g/mol. The van der Waals surface area contributed by atoms with Crippen molar-refractivity contribution in [3.63, 3.8) is 0 Å². The molecule has 1 aromatic heterocycles. The Hall–Kier alpha value is -3.53. The molecule has 0 radical (unpaired) electrons. The van der Waals surface area contributed by atoms with Crippen LogP contribution >= 0.6 is 0 Å². The van der Waals surface area contributed by atoms with E-state index in [9.17, 15) is 5.26 Å². The van der Waals surface area contributed by atoms with E-state index in [1.807, 2.05) is 26.1 Å². The van der Waals surface area contributed by atoms with E-state index in [0.717, 1.165) is 46.3 Å². The first kappa shape index (κ1) is 23.2. The molecule has 5 rings (SSSR count). The molecule has 6 heteroatoms. The second kappa shape index (κ2) is 8.60. The fourth-order valence-electron chi connectivity index (χ4n) is 5.48. The molecule has 3 aromatic carbocycles. The predicted octanol–water partition coefficient (Wildman–Crippen LogP) is 5.62. The summed E-state index contributed by atoms with van der Waals surface area (Å²) in [5, 5.41) is 25.2. The number of benzene rings is 3. The highest BCUT2D eigenvalue weighted by Gasteiger charge is 2.29. The zero-order valence-electron chi connectivity index (χ0n) is 20.9. The minimum absolute atomic E-state index is 0.130. The van der Waals surface area contributed by atoms with Crippen LogP contribution in [0.5, 0.6) is 0 Å². The van der Waals surface area contributed by atoms with Gasteiger partial charge in [0.05, 0.1) is 22.8 Å². The van der Waals surface area contributed by atoms with Crippen LogP contribution in [0.2, 0.25) is 0 Å². The number of aromatic nitrogens is 2. The average Bonchev–Trinajstić information content (AvgIpc) is 3.21. The molecule has 3 N–H and O–H groups in total. The number of halogens is 1. The Morgan fingerprint density at radius 1 is 1.11 bits per heavy atom. The lowest BCUT2D eigenvalue weighted by molar-refractivity contribution is 0.381. The molecular formula is C29H30FN5. The van der Waals surface area contributed by atoms with Gasteiger partial charge in [-0.05, 0) is 106 Å². The summed E-state index contributed by atoms with van der Waals surface area (Å²) in [7, 11) is 1.84. The van der Waals surface area contributed by atoms with E-state index in [-0.39, 0.29) is 11.4 Å². The third-order valence-electron chi connectivity index (χ3n) is 7.18. The summed E-state index contributed by atoms with van der Waals surface area (Å²) < 4.78 is 15.3. The maximum atomic E-state index is 15.3. The minimum Gasteiger partial charge on any atom is -0.316 e. The Labute approximate surface area is 205 Å². The predicted molar refractivity (Wildman–Crippen MR) is 139 cm³/mol. The van der Waals surface area contributed by atoms with Gasteiger partial charge >= 0.3 is 0 Å². The summed E-state index contributed by atoms with van der Waals surface area (Å²) in [6.07, 6.45) is 1.00. The van der Waals surface area contributed by atoms with Gasteiger partial charge in [-0.2, -0.15) is 10.4 Å². The van der Waals surface area contributed by atoms with Gasteiger partial charge in [0.15, 0.2) is 0 Å². The first-order chi connectivity index (χ1) is 16.7. The fraction of sp³-hybridized carbons (Fsp3) is 0.310. The summed E-state index contributed by atoms with van der Waals surface area (Å²) in [4.78, 5) is 0. The molecule has 0 saturated heterocycles. The van der Waals surface area contributed by atoms with Crippen LogP contribution in [0.15, 0.2) is 36.4 Å². The largest absolute Gasteiger partial charge is 0.316 e. The number of nitrogens with one attached hydrogen (secondary N) is 3. The van der Waals surface area contributed by atoms with Crippen LogP contribution in [-0.4, -0.2) is 23.8 Å². The van der Waals surface area contributed by atoms with Crippen LogP contribution in [0.25, 0.3) is 33.3 Å². The summed E-state index contributed by atoms with van der Waals surface area (Å²) in [5.74, 6) is -0.325. The maximum Gasteiger partial charge on any atom is 0.131 e. The van der Waals surface area contributed by atoms with E-state index in [0.29, 0.717) is 23.2 Å². The molecule has 0 amide bonds. The van der Waals surface area contributed by atoms with E-state index in [1.54, 1.807) is 12.1 Å². The van der Waals surface area contributed by atoms with Gasteiger partial charge in [0.2, 0.25) is 0 Å². The number of aromatic amines is 1. The molecule has 1 aliphatic heterocycles. The SMILES string of the molecule is CNCc1cc(C)c(-c2cc3c(-c4cc(C)c5c(c4)C(C)(C)NCC5)n[nH]c3cc2C#N)c(F)c1. The van der Waals surface area contributed by atoms with Crippen LogP contribution in [0, 0.1) is 31.0 Å². The number of nitriles is 1. The molecule has 1 aliphatic rings. The normalized spacial score (nSPS) is 14.7. The smallest absolute Gasteiger partial charge is 0.131 e. The van der Waals surface area contributed by atoms with Crippen molar-refractivity contribution in [1.29, 1.82) is 5.26 Å². The van der Waals surface area contributed by atoms with E-state index in [2.05, 4.69) is 59.8 Å². The molecule has 0 atom stereocenters. The summed E-state index contributed by atoms with van der Waals surface area (Å²) in [6.45, 7) is 10.0. The van der Waals surface area contributed by atoms with Gasteiger partial charge in [0.25, 0.3) is 0 Å². The third kappa shape index (κ3) is 3.91. The quantitative estimate of drug-likeness (QED) is 0.364. The van der Waals surface area contributed by atoms with Crippen molar-refractivity contribution in [1.82, 2.24) is 20.8 Å². The van der Waals surface area contributed by atoms with Crippen molar-refractivity contribution in [2.24, 2.45) is 0 Å². The highest BCUT2D eigenvalue weighted by Crippen LogP contribution is 2.39. The highest BCUT2D eigenvalue weighted by molar-refractivity contribution is 5.98. The minimum atomic E-state index is -0.325. The van der Waals surface area contributed by atoms with Crippen LogP contribution in [0.1, 0.15) is 47.2 Å². The fourth-order valence-corrected chi connectivity index (χ4v) is 5.48. The lowest BCUT2D eigenvalue weighted by Crippen LogP contribution is -2.42. The molecule has 178 valence electrons. The highest BCUT2D eigenvalue weighted by atomic mass is 19.1. The number of nitrogens with zero attached hydrogens (tertiary/aromatic N) is 2. The van der Waals surface area contributed by atoms with E-state index in [1.165, 1.54) is 16.7 Å². The van der Waals surface area contributed by atoms with Gasteiger partial charge in [-0.25, -0.2) is 4.39 Å². The summed E-state index contributed by atoms with van der Waals surface area (Å²) in [6, 6.07) is 13.9. The molecule has 0 aliphatic carbocycles. The van der Waals surface area contributed by atoms with Crippen LogP contribution < -0.4 is 10.6 Å². The van der Waals surface area contributed by atoms with E-state index < -0.39 is 0 Å². The van der Waals surface area contributed by atoms with Gasteiger partial charge in [-0.3, -0.25) is 5.10 Å². The molecule has 0 saturated carbocycles. The van der Waals surface area contributed by atoms with Gasteiger partial charge in [-0.1, -0.05) is 6.07 Å². The molecular weight excluding hydrogens is 437 g/mol. The molecule has 4 aromatic rings. The van der Waals surface area contributed by atoms with Gasteiger partial charge in [0.1, 0.15) is 5.82 Å². The number of fused-ring (bicyclic) bond motifs is 2. The topological polar surface area (TPSA) is 76.5 Å². The lowest BCUT2D eigenvalue weighted by Gasteiger charge is -2.35. The Balaban J connectivity index is 1.72. The Morgan fingerprint density at radius 3 is 2.63 bits per heavy atom. The van der Waals surface area contributed by atoms with Crippen LogP contribution in [-0.2, 0) is 18.5 Å². The van der Waals surface area contributed by atoms with Crippen molar-refractivity contribution < 1.29 is 4.39 Å². The second-order valence-corrected chi connectivity index (χ2v) is 10.0. The number of aryl methyl sites for hydroxylation is 2. The van der Waals surface area contributed by atoms with Crippen LogP contribution in [0.3, 0.4) is 0 Å². The first-order valence-electron chi connectivity index (χ1n) is 12.0. The van der Waals surface area contributed by atoms with Crippen molar-refractivity contribution in [3.8, 4) is 28.5 Å². The second-order valence-electron chi connectivity index (χ2n) is 10.0. The molecule has 2 heterocycles. The van der Waals surface area contributed by atoms with Crippen molar-refractivity contribution >= 4 is 10.9 Å². The average molecular weight is 468 g/mol. The summed E-state index contributed by atoms with van der Waals surface area (Å²) >= 11 is 0. The van der Waals surface area contributed by atoms with Gasteiger partial charge in [-0.15, -0.1) is 0 Å². The van der Waals surface area contributed by atoms with Crippen molar-refractivity contribution in [2.75, 3.05) is 13.6 Å². The standard InChI is InChI=1S/C29H30FN5/c1-16-9-19(11-24-21(16)6-7-33-29(24,3)4)28-23-13-22(20(14-31)12-26(23)34-35-28)27-17(2)8-18(15-32-5)10-25(27)30/h8-13,32-33H,6-7,15H2,1-5H3,(H,34,35). The Bertz CT molecular complexity index is 1480. The van der Waals surface area contributed by atoms with E-state index >= 15 is 4.39 Å². The Kier molecular flexibility index (Phi) is 5.71. The van der Waals surface area contributed by atoms with Crippen LogP contribution in [0.4, 0.5) is 4.39 Å². The molecule has 35 heavy (non-hydrogen) atoms. The molecule has 0 unspecified atom stereocenters. The third-order valence-corrected chi connectivity index (χ3v) is 7.18. The maximum absolute atomic E-state index is 15.3. The molecule has 0 bridgehead atoms. The van der Waals surface area contributed by atoms with Gasteiger partial charge in [0, 0.05) is 34.2 Å². The zero-order valence-corrected chi connectivity index (χ0v) is 20.9.